The molecule has 0 aliphatic heterocycles. The molecule has 0 unspecified atom stereocenters. The lowest BCUT2D eigenvalue weighted by Gasteiger charge is -2.08. The number of ether oxygens (including phenoxy) is 2. The van der Waals surface area contributed by atoms with E-state index in [2.05, 4.69) is 0 Å². The van der Waals surface area contributed by atoms with Crippen LogP contribution in [0, 0.1) is 0 Å². The van der Waals surface area contributed by atoms with Crippen LogP contribution in [0.1, 0.15) is 72.1 Å². The summed E-state index contributed by atoms with van der Waals surface area (Å²) < 4.78 is 11.4. The van der Waals surface area contributed by atoms with Gasteiger partial charge in [0.1, 0.15) is 11.5 Å². The third-order valence-corrected chi connectivity index (χ3v) is 4.65. The highest BCUT2D eigenvalue weighted by atomic mass is 16.5. The molecule has 4 heteroatoms. The Morgan fingerprint density at radius 3 is 1.29 bits per heavy atom. The van der Waals surface area contributed by atoms with Gasteiger partial charge in [-0.15, -0.1) is 0 Å². The molecule has 0 atom stereocenters. The van der Waals surface area contributed by atoms with Gasteiger partial charge in [0.05, 0.1) is 24.3 Å². The van der Waals surface area contributed by atoms with Crippen molar-refractivity contribution in [1.29, 1.82) is 0 Å². The minimum absolute atomic E-state index is 0.612. The Kier molecular flexibility index (Phi) is 10.5. The zero-order chi connectivity index (χ0) is 19.9. The van der Waals surface area contributed by atoms with Crippen LogP contribution in [-0.2, 0) is 0 Å². The van der Waals surface area contributed by atoms with Gasteiger partial charge in [-0.05, 0) is 37.1 Å². The van der Waals surface area contributed by atoms with Crippen LogP contribution in [0.25, 0.3) is 0 Å². The van der Waals surface area contributed by atoms with Gasteiger partial charge in [0, 0.05) is 0 Å². The van der Waals surface area contributed by atoms with E-state index in [4.69, 9.17) is 9.47 Å². The molecule has 0 aromatic heterocycles. The highest BCUT2D eigenvalue weighted by Crippen LogP contribution is 2.17. The van der Waals surface area contributed by atoms with Crippen LogP contribution in [0.2, 0.25) is 0 Å². The van der Waals surface area contributed by atoms with Gasteiger partial charge < -0.3 is 9.47 Å². The van der Waals surface area contributed by atoms with Crippen LogP contribution in [0.4, 0.5) is 0 Å². The van der Waals surface area contributed by atoms with Crippen LogP contribution in [0.15, 0.2) is 48.5 Å². The monoisotopic (exact) mass is 382 g/mol. The van der Waals surface area contributed by atoms with Gasteiger partial charge in [-0.2, -0.15) is 0 Å². The first-order valence-corrected chi connectivity index (χ1v) is 10.2. The molecule has 0 fully saturated rings. The van der Waals surface area contributed by atoms with Gasteiger partial charge >= 0.3 is 0 Å². The third-order valence-electron chi connectivity index (χ3n) is 4.65. The minimum Gasteiger partial charge on any atom is -0.493 e. The Labute approximate surface area is 167 Å². The SMILES string of the molecule is O=Cc1ccccc1OCCCCCCCCCCOc1ccccc1C=O. The summed E-state index contributed by atoms with van der Waals surface area (Å²) in [5.74, 6) is 1.35. The number of hydrogen-bond donors (Lipinski definition) is 0. The van der Waals surface area contributed by atoms with Gasteiger partial charge in [-0.25, -0.2) is 0 Å². The number of aldehydes is 2. The van der Waals surface area contributed by atoms with Gasteiger partial charge in [0.2, 0.25) is 0 Å². The van der Waals surface area contributed by atoms with E-state index in [1.807, 2.05) is 36.4 Å². The maximum atomic E-state index is 10.9. The van der Waals surface area contributed by atoms with Crippen molar-refractivity contribution in [2.75, 3.05) is 13.2 Å². The molecule has 0 spiro atoms. The Hall–Kier alpha value is -2.62. The van der Waals surface area contributed by atoms with E-state index in [1.54, 1.807) is 12.1 Å². The largest absolute Gasteiger partial charge is 0.493 e. The smallest absolute Gasteiger partial charge is 0.153 e. The molecule has 0 saturated carbocycles. The lowest BCUT2D eigenvalue weighted by molar-refractivity contribution is 0.111. The predicted molar refractivity (Wildman–Crippen MR) is 112 cm³/mol. The van der Waals surface area contributed by atoms with Crippen LogP contribution in [-0.4, -0.2) is 25.8 Å². The van der Waals surface area contributed by atoms with Crippen molar-refractivity contribution < 1.29 is 19.1 Å². The maximum Gasteiger partial charge on any atom is 0.153 e. The Morgan fingerprint density at radius 2 is 0.893 bits per heavy atom. The summed E-state index contributed by atoms with van der Waals surface area (Å²) in [6.07, 6.45) is 10.9. The van der Waals surface area contributed by atoms with E-state index in [0.717, 1.165) is 38.3 Å². The molecule has 28 heavy (non-hydrogen) atoms. The first kappa shape index (κ1) is 21.7. The van der Waals surface area contributed by atoms with Crippen molar-refractivity contribution in [2.45, 2.75) is 51.4 Å². The number of hydrogen-bond acceptors (Lipinski definition) is 4. The van der Waals surface area contributed by atoms with Crippen LogP contribution >= 0.6 is 0 Å². The summed E-state index contributed by atoms with van der Waals surface area (Å²) in [6.45, 7) is 1.31. The fourth-order valence-electron chi connectivity index (χ4n) is 3.05. The molecule has 0 amide bonds. The van der Waals surface area contributed by atoms with Gasteiger partial charge in [0.25, 0.3) is 0 Å². The number of unbranched alkanes of at least 4 members (excludes halogenated alkanes) is 7. The first-order valence-electron chi connectivity index (χ1n) is 10.2. The Balaban J connectivity index is 1.42. The maximum absolute atomic E-state index is 10.9. The quantitative estimate of drug-likeness (QED) is 0.285. The average molecular weight is 382 g/mol. The lowest BCUT2D eigenvalue weighted by Crippen LogP contribution is -2.00. The van der Waals surface area contributed by atoms with Gasteiger partial charge in [0.15, 0.2) is 12.6 Å². The number of benzene rings is 2. The van der Waals surface area contributed by atoms with Crippen molar-refractivity contribution in [3.05, 3.63) is 59.7 Å². The standard InChI is InChI=1S/C24H30O4/c25-19-21-13-7-9-15-23(21)27-17-11-5-3-1-2-4-6-12-18-28-24-16-10-8-14-22(24)20-26/h7-10,13-16,19-20H,1-6,11-12,17-18H2. The van der Waals surface area contributed by atoms with Crippen molar-refractivity contribution in [3.8, 4) is 11.5 Å². The van der Waals surface area contributed by atoms with Crippen LogP contribution in [0.3, 0.4) is 0 Å². The van der Waals surface area contributed by atoms with E-state index >= 15 is 0 Å². The Morgan fingerprint density at radius 1 is 0.536 bits per heavy atom. The summed E-state index contributed by atoms with van der Waals surface area (Å²) >= 11 is 0. The second kappa shape index (κ2) is 13.5. The minimum atomic E-state index is 0.612. The van der Waals surface area contributed by atoms with Gasteiger partial charge in [-0.3, -0.25) is 9.59 Å². The normalized spacial score (nSPS) is 10.4. The number of carbonyl (C=O) groups excluding carboxylic acids is 2. The van der Waals surface area contributed by atoms with E-state index in [0.29, 0.717) is 35.8 Å². The topological polar surface area (TPSA) is 52.6 Å². The average Bonchev–Trinajstić information content (AvgIpc) is 2.75. The molecular weight excluding hydrogens is 352 g/mol. The molecule has 0 bridgehead atoms. The summed E-state index contributed by atoms with van der Waals surface area (Å²) in [6, 6.07) is 14.7. The van der Waals surface area contributed by atoms with Crippen molar-refractivity contribution in [3.63, 3.8) is 0 Å². The number of rotatable bonds is 15. The molecule has 0 aliphatic rings. The van der Waals surface area contributed by atoms with E-state index in [1.165, 1.54) is 25.7 Å². The highest BCUT2D eigenvalue weighted by Gasteiger charge is 2.02. The van der Waals surface area contributed by atoms with Gasteiger partial charge in [-0.1, -0.05) is 62.8 Å². The zero-order valence-corrected chi connectivity index (χ0v) is 16.5. The number of carbonyl (C=O) groups is 2. The van der Waals surface area contributed by atoms with E-state index in [-0.39, 0.29) is 0 Å². The molecule has 2 aromatic rings. The fraction of sp³-hybridized carbons (Fsp3) is 0.417. The van der Waals surface area contributed by atoms with Crippen molar-refractivity contribution in [2.24, 2.45) is 0 Å². The first-order chi connectivity index (χ1) is 13.8. The second-order valence-electron chi connectivity index (χ2n) is 6.84. The Bertz CT molecular complexity index is 650. The molecule has 0 heterocycles. The lowest BCUT2D eigenvalue weighted by atomic mass is 10.1. The van der Waals surface area contributed by atoms with E-state index < -0.39 is 0 Å². The summed E-state index contributed by atoms with van der Waals surface area (Å²) in [4.78, 5) is 21.9. The summed E-state index contributed by atoms with van der Waals surface area (Å²) in [5, 5.41) is 0. The van der Waals surface area contributed by atoms with Crippen LogP contribution < -0.4 is 9.47 Å². The highest BCUT2D eigenvalue weighted by molar-refractivity contribution is 5.79. The zero-order valence-electron chi connectivity index (χ0n) is 16.5. The summed E-state index contributed by atoms with van der Waals surface area (Å²) in [7, 11) is 0. The number of para-hydroxylation sites is 2. The molecule has 0 N–H and O–H groups in total. The van der Waals surface area contributed by atoms with Crippen molar-refractivity contribution in [1.82, 2.24) is 0 Å². The molecule has 0 saturated heterocycles. The fourth-order valence-corrected chi connectivity index (χ4v) is 3.05. The summed E-state index contributed by atoms with van der Waals surface area (Å²) in [5.41, 5.74) is 1.22. The van der Waals surface area contributed by atoms with E-state index in [9.17, 15) is 9.59 Å². The molecule has 4 nitrogen and oxygen atoms in total. The third kappa shape index (κ3) is 7.95. The molecule has 2 rings (SSSR count). The predicted octanol–water partition coefficient (Wildman–Crippen LogP) is 5.89. The molecular formula is C24H30O4. The van der Waals surface area contributed by atoms with Crippen molar-refractivity contribution >= 4 is 12.6 Å². The second-order valence-corrected chi connectivity index (χ2v) is 6.84. The molecule has 150 valence electrons. The molecule has 2 aromatic carbocycles. The molecule has 0 radical (unpaired) electrons. The van der Waals surface area contributed by atoms with Crippen LogP contribution in [0.5, 0.6) is 11.5 Å². The molecule has 0 aliphatic carbocycles.